The van der Waals surface area contributed by atoms with E-state index in [0.717, 1.165) is 48.6 Å². The highest BCUT2D eigenvalue weighted by molar-refractivity contribution is 7.13. The second-order valence-electron chi connectivity index (χ2n) is 7.27. The van der Waals surface area contributed by atoms with Gasteiger partial charge in [0.1, 0.15) is 0 Å². The Balaban J connectivity index is 1.22. The fraction of sp³-hybridized carbons (Fsp3) is 0.474. The van der Waals surface area contributed by atoms with Gasteiger partial charge in [0.05, 0.1) is 28.4 Å². The van der Waals surface area contributed by atoms with Gasteiger partial charge < -0.3 is 9.42 Å². The highest BCUT2D eigenvalue weighted by Crippen LogP contribution is 2.26. The van der Waals surface area contributed by atoms with E-state index in [0.29, 0.717) is 24.8 Å². The molecule has 1 amide bonds. The van der Waals surface area contributed by atoms with Crippen molar-refractivity contribution in [2.75, 3.05) is 26.2 Å². The van der Waals surface area contributed by atoms with Crippen LogP contribution in [0.5, 0.6) is 0 Å². The zero-order valence-electron chi connectivity index (χ0n) is 15.7. The maximum Gasteiger partial charge on any atom is 0.257 e. The van der Waals surface area contributed by atoms with E-state index in [2.05, 4.69) is 27.1 Å². The van der Waals surface area contributed by atoms with Crippen LogP contribution in [0.25, 0.3) is 10.7 Å². The number of hydrogen-bond donors (Lipinski definition) is 0. The number of aromatic nitrogens is 4. The molecule has 9 heteroatoms. The minimum atomic E-state index is 0.0267. The molecule has 0 bridgehead atoms. The zero-order valence-corrected chi connectivity index (χ0v) is 16.6. The standard InChI is InChI=1S/C19H22N6O2S/c1-13(18-21-17(22-27-18)16-5-3-11-28-16)23-7-9-24(10-8-23)19(26)14-12-20-25-6-2-4-15(14)25/h3,5,11-13H,2,4,6-10H2,1H3. The molecule has 0 aromatic carbocycles. The molecule has 1 unspecified atom stereocenters. The summed E-state index contributed by atoms with van der Waals surface area (Å²) >= 11 is 1.60. The molecule has 0 spiro atoms. The Morgan fingerprint density at radius 3 is 2.89 bits per heavy atom. The number of fused-ring (bicyclic) bond motifs is 1. The predicted octanol–water partition coefficient (Wildman–Crippen LogP) is 2.46. The summed E-state index contributed by atoms with van der Waals surface area (Å²) in [5, 5.41) is 10.5. The maximum atomic E-state index is 12.9. The fourth-order valence-electron chi connectivity index (χ4n) is 3.99. The number of aryl methyl sites for hydroxylation is 1. The van der Waals surface area contributed by atoms with Crippen molar-refractivity contribution >= 4 is 17.2 Å². The number of carbonyl (C=O) groups excluding carboxylic acids is 1. The van der Waals surface area contributed by atoms with E-state index >= 15 is 0 Å². The monoisotopic (exact) mass is 398 g/mol. The Hall–Kier alpha value is -2.52. The molecule has 0 N–H and O–H groups in total. The second kappa shape index (κ2) is 7.14. The number of rotatable bonds is 4. The summed E-state index contributed by atoms with van der Waals surface area (Å²) in [5.41, 5.74) is 1.87. The first-order valence-electron chi connectivity index (χ1n) is 9.66. The van der Waals surface area contributed by atoms with Crippen molar-refractivity contribution in [2.45, 2.75) is 32.4 Å². The minimum Gasteiger partial charge on any atom is -0.337 e. The number of piperazine rings is 1. The summed E-state index contributed by atoms with van der Waals surface area (Å²) in [6, 6.07) is 3.99. The van der Waals surface area contributed by atoms with Crippen LogP contribution < -0.4 is 0 Å². The van der Waals surface area contributed by atoms with E-state index in [1.165, 1.54) is 0 Å². The molecule has 2 aliphatic heterocycles. The Bertz CT molecular complexity index is 971. The van der Waals surface area contributed by atoms with Gasteiger partial charge >= 0.3 is 0 Å². The van der Waals surface area contributed by atoms with Gasteiger partial charge in [0.15, 0.2) is 0 Å². The Morgan fingerprint density at radius 2 is 2.11 bits per heavy atom. The van der Waals surface area contributed by atoms with Crippen LogP contribution in [-0.4, -0.2) is 61.8 Å². The maximum absolute atomic E-state index is 12.9. The van der Waals surface area contributed by atoms with E-state index < -0.39 is 0 Å². The molecular weight excluding hydrogens is 376 g/mol. The number of hydrogen-bond acceptors (Lipinski definition) is 7. The molecule has 1 fully saturated rings. The van der Waals surface area contributed by atoms with Crippen LogP contribution in [0.4, 0.5) is 0 Å². The van der Waals surface area contributed by atoms with Crippen LogP contribution in [0.1, 0.15) is 41.3 Å². The summed E-state index contributed by atoms with van der Waals surface area (Å²) < 4.78 is 7.46. The molecule has 3 aromatic rings. The van der Waals surface area contributed by atoms with Gasteiger partial charge in [-0.25, -0.2) is 0 Å². The molecule has 8 nitrogen and oxygen atoms in total. The topological polar surface area (TPSA) is 80.3 Å². The lowest BCUT2D eigenvalue weighted by Gasteiger charge is -2.36. The summed E-state index contributed by atoms with van der Waals surface area (Å²) in [6.45, 7) is 5.96. The molecule has 0 aliphatic carbocycles. The van der Waals surface area contributed by atoms with Crippen molar-refractivity contribution in [3.8, 4) is 10.7 Å². The Morgan fingerprint density at radius 1 is 1.25 bits per heavy atom. The van der Waals surface area contributed by atoms with Crippen molar-refractivity contribution in [2.24, 2.45) is 0 Å². The average molecular weight is 398 g/mol. The third kappa shape index (κ3) is 3.04. The lowest BCUT2D eigenvalue weighted by atomic mass is 10.1. The average Bonchev–Trinajstić information content (AvgIpc) is 3.51. The third-order valence-electron chi connectivity index (χ3n) is 5.65. The van der Waals surface area contributed by atoms with Gasteiger partial charge in [-0.15, -0.1) is 11.3 Å². The molecular formula is C19H22N6O2S. The van der Waals surface area contributed by atoms with Gasteiger partial charge in [0.25, 0.3) is 5.91 Å². The molecule has 0 radical (unpaired) electrons. The van der Waals surface area contributed by atoms with Gasteiger partial charge in [-0.2, -0.15) is 10.1 Å². The molecule has 5 rings (SSSR count). The molecule has 5 heterocycles. The minimum absolute atomic E-state index is 0.0267. The number of nitrogens with zero attached hydrogens (tertiary/aromatic N) is 6. The first-order valence-corrected chi connectivity index (χ1v) is 10.5. The van der Waals surface area contributed by atoms with Crippen molar-refractivity contribution < 1.29 is 9.32 Å². The zero-order chi connectivity index (χ0) is 19.1. The van der Waals surface area contributed by atoms with Crippen LogP contribution in [0, 0.1) is 0 Å². The second-order valence-corrected chi connectivity index (χ2v) is 8.22. The van der Waals surface area contributed by atoms with Crippen molar-refractivity contribution in [1.29, 1.82) is 0 Å². The van der Waals surface area contributed by atoms with Crippen molar-refractivity contribution in [1.82, 2.24) is 29.7 Å². The lowest BCUT2D eigenvalue weighted by Crippen LogP contribution is -2.49. The number of amides is 1. The van der Waals surface area contributed by atoms with Gasteiger partial charge in [0.2, 0.25) is 11.7 Å². The summed E-state index contributed by atoms with van der Waals surface area (Å²) in [7, 11) is 0. The highest BCUT2D eigenvalue weighted by Gasteiger charge is 2.30. The van der Waals surface area contributed by atoms with E-state index in [-0.39, 0.29) is 11.9 Å². The Labute approximate surface area is 166 Å². The number of carbonyl (C=O) groups is 1. The summed E-state index contributed by atoms with van der Waals surface area (Å²) in [6.07, 6.45) is 3.75. The molecule has 0 saturated carbocycles. The Kier molecular flexibility index (Phi) is 4.48. The molecule has 28 heavy (non-hydrogen) atoms. The van der Waals surface area contributed by atoms with Gasteiger partial charge in [0, 0.05) is 32.7 Å². The van der Waals surface area contributed by atoms with Crippen molar-refractivity contribution in [3.05, 3.63) is 40.9 Å². The molecule has 3 aromatic heterocycles. The highest BCUT2D eigenvalue weighted by atomic mass is 32.1. The van der Waals surface area contributed by atoms with Gasteiger partial charge in [-0.05, 0) is 31.2 Å². The first-order chi connectivity index (χ1) is 13.7. The number of thiophene rings is 1. The summed E-state index contributed by atoms with van der Waals surface area (Å²) in [5.74, 6) is 1.37. The molecule has 1 atom stereocenters. The van der Waals surface area contributed by atoms with Gasteiger partial charge in [-0.1, -0.05) is 11.2 Å². The largest absolute Gasteiger partial charge is 0.337 e. The van der Waals surface area contributed by atoms with Crippen LogP contribution in [0.2, 0.25) is 0 Å². The van der Waals surface area contributed by atoms with E-state index in [4.69, 9.17) is 4.52 Å². The normalized spacial score (nSPS) is 18.4. The van der Waals surface area contributed by atoms with E-state index in [9.17, 15) is 4.79 Å². The first kappa shape index (κ1) is 17.6. The van der Waals surface area contributed by atoms with E-state index in [1.54, 1.807) is 17.5 Å². The third-order valence-corrected chi connectivity index (χ3v) is 6.52. The van der Waals surface area contributed by atoms with Crippen molar-refractivity contribution in [3.63, 3.8) is 0 Å². The van der Waals surface area contributed by atoms with E-state index in [1.807, 2.05) is 27.1 Å². The molecule has 1 saturated heterocycles. The molecule has 2 aliphatic rings. The quantitative estimate of drug-likeness (QED) is 0.672. The fourth-order valence-corrected chi connectivity index (χ4v) is 4.64. The predicted molar refractivity (Wildman–Crippen MR) is 104 cm³/mol. The van der Waals surface area contributed by atoms with Crippen LogP contribution in [0.15, 0.2) is 28.2 Å². The molecule has 146 valence electrons. The SMILES string of the molecule is CC(c1nc(-c2cccs2)no1)N1CCN(C(=O)c2cnn3c2CCC3)CC1. The lowest BCUT2D eigenvalue weighted by molar-refractivity contribution is 0.0551. The smallest absolute Gasteiger partial charge is 0.257 e. The van der Waals surface area contributed by atoms with Crippen LogP contribution in [-0.2, 0) is 13.0 Å². The van der Waals surface area contributed by atoms with Gasteiger partial charge in [-0.3, -0.25) is 14.4 Å². The van der Waals surface area contributed by atoms with Crippen LogP contribution in [0.3, 0.4) is 0 Å². The summed E-state index contributed by atoms with van der Waals surface area (Å²) in [4.78, 5) is 22.7. The van der Waals surface area contributed by atoms with Crippen LogP contribution >= 0.6 is 11.3 Å².